The van der Waals surface area contributed by atoms with Crippen LogP contribution in [0.4, 0.5) is 28.3 Å². The standard InChI is InChI=1S/C15H18N6O6S.C14H9Cl2NO5.C8H14ClN5.C5H12NO4P/c1-21(2)13(22)9-6-5-7-16-12(9)28(24,25)20-15(23)19-14-17-10(26-3)8-11(18-14)27-4;1-21-14(18)10-7-9(3-4-12(10)17(19)20)22-13-5-2-8(15)6-11(13)16;1-4-10-7-12-6(9)13-8(14-7)11-5(2)3;1-11(9,10)3-2-4(6)5(7)8/h5-8H,1-4H3,(H2,17,18,19,20,23);2-7H,1H3;5H,4H2,1-3H3,(H2,10,11,12,13,14);4H,2-3,6H2,1H3,(H,7,8)(H,9,10). The summed E-state index contributed by atoms with van der Waals surface area (Å²) in [6.45, 7) is 7.91. The number of nitrogens with one attached hydrogen (secondary N) is 4. The van der Waals surface area contributed by atoms with E-state index in [9.17, 15) is 42.3 Å². The van der Waals surface area contributed by atoms with Crippen LogP contribution in [0.5, 0.6) is 23.3 Å². The van der Waals surface area contributed by atoms with Gasteiger partial charge in [-0.05, 0) is 75.2 Å². The van der Waals surface area contributed by atoms with E-state index in [0.29, 0.717) is 22.7 Å². The number of carboxylic acid groups (broad SMARTS) is 1. The Morgan fingerprint density at radius 2 is 1.53 bits per heavy atom. The monoisotopic (exact) mass is 1150 g/mol. The number of nitro groups is 1. The molecule has 0 spiro atoms. The smallest absolute Gasteiger partial charge is 0.345 e. The quantitative estimate of drug-likeness (QED) is 0.0227. The number of aromatic nitrogens is 6. The van der Waals surface area contributed by atoms with Crippen LogP contribution in [0.15, 0.2) is 65.8 Å². The minimum Gasteiger partial charge on any atom is -0.481 e. The normalized spacial score (nSPS) is 11.7. The van der Waals surface area contributed by atoms with Gasteiger partial charge in [0.15, 0.2) is 12.4 Å². The molecule has 0 saturated heterocycles. The summed E-state index contributed by atoms with van der Waals surface area (Å²) >= 11 is 17.5. The lowest BCUT2D eigenvalue weighted by atomic mass is 10.1. The van der Waals surface area contributed by atoms with Crippen molar-refractivity contribution in [3.05, 3.63) is 97.4 Å². The predicted molar refractivity (Wildman–Crippen MR) is 276 cm³/mol. The number of carboxylic acids is 1. The predicted octanol–water partition coefficient (Wildman–Crippen LogP) is 6.05. The Balaban J connectivity index is 0.000000364. The lowest BCUT2D eigenvalue weighted by Crippen LogP contribution is -2.36. The second-order valence-electron chi connectivity index (χ2n) is 15.1. The van der Waals surface area contributed by atoms with Crippen LogP contribution in [0, 0.1) is 10.1 Å². The zero-order valence-corrected chi connectivity index (χ0v) is 45.4. The third kappa shape index (κ3) is 22.4. The third-order valence-corrected chi connectivity index (χ3v) is 11.5. The van der Waals surface area contributed by atoms with Crippen LogP contribution in [-0.4, -0.2) is 149 Å². The zero-order chi connectivity index (χ0) is 56.8. The van der Waals surface area contributed by atoms with Gasteiger partial charge in [0.05, 0.1) is 42.9 Å². The Kier molecular flexibility index (Phi) is 25.7. The first-order valence-electron chi connectivity index (χ1n) is 21.2. The van der Waals surface area contributed by atoms with Gasteiger partial charge in [0.25, 0.3) is 21.6 Å². The summed E-state index contributed by atoms with van der Waals surface area (Å²) in [7, 11) is -0.816. The van der Waals surface area contributed by atoms with Crippen LogP contribution in [0.25, 0.3) is 0 Å². The number of carbonyl (C=O) groups is 4. The Hall–Kier alpha value is -7.27. The third-order valence-electron chi connectivity index (χ3n) is 8.44. The molecule has 28 nitrogen and oxygen atoms in total. The molecule has 0 aliphatic carbocycles. The number of urea groups is 1. The summed E-state index contributed by atoms with van der Waals surface area (Å²) in [5, 5.41) is 27.7. The van der Waals surface area contributed by atoms with Crippen LogP contribution in [-0.2, 0) is 24.1 Å². The number of sulfonamides is 1. The summed E-state index contributed by atoms with van der Waals surface area (Å²) in [5.74, 6) is -1.14. The molecular weight excluding hydrogens is 1100 g/mol. The summed E-state index contributed by atoms with van der Waals surface area (Å²) in [4.78, 5) is 89.7. The van der Waals surface area contributed by atoms with Crippen LogP contribution in [0.1, 0.15) is 47.9 Å². The van der Waals surface area contributed by atoms with Crippen molar-refractivity contribution in [1.82, 2.24) is 39.5 Å². The number of benzene rings is 2. The highest BCUT2D eigenvalue weighted by atomic mass is 35.5. The Morgan fingerprint density at radius 3 is 2.05 bits per heavy atom. The van der Waals surface area contributed by atoms with Gasteiger partial charge in [-0.1, -0.05) is 23.2 Å². The number of hydrogen-bond donors (Lipinski definition) is 7. The molecule has 33 heteroatoms. The van der Waals surface area contributed by atoms with E-state index < -0.39 is 57.3 Å². The maximum atomic E-state index is 12.5. The van der Waals surface area contributed by atoms with Crippen LogP contribution < -0.4 is 40.6 Å². The van der Waals surface area contributed by atoms with Crippen molar-refractivity contribution in [2.24, 2.45) is 5.73 Å². The molecule has 0 saturated carbocycles. The molecule has 0 radical (unpaired) electrons. The number of esters is 1. The van der Waals surface area contributed by atoms with Gasteiger partial charge in [-0.3, -0.25) is 29.6 Å². The highest BCUT2D eigenvalue weighted by Gasteiger charge is 2.27. The van der Waals surface area contributed by atoms with Gasteiger partial charge in [0.2, 0.25) is 34.9 Å². The lowest BCUT2D eigenvalue weighted by Gasteiger charge is -2.14. The number of nitrogens with zero attached hydrogens (tertiary/aromatic N) is 8. The van der Waals surface area contributed by atoms with Crippen LogP contribution >= 0.6 is 42.2 Å². The van der Waals surface area contributed by atoms with E-state index in [1.54, 1.807) is 16.9 Å². The molecule has 0 aliphatic rings. The van der Waals surface area contributed by atoms with Gasteiger partial charge in [0.1, 0.15) is 23.1 Å². The number of methoxy groups -OCH3 is 3. The van der Waals surface area contributed by atoms with E-state index in [1.807, 2.05) is 20.8 Å². The van der Waals surface area contributed by atoms with E-state index >= 15 is 0 Å². The number of hydrogen-bond acceptors (Lipinski definition) is 22. The number of nitro benzene ring substituents is 1. The molecule has 0 bridgehead atoms. The Bertz CT molecular complexity index is 2940. The molecule has 3 heterocycles. The fourth-order valence-electron chi connectivity index (χ4n) is 5.08. The number of ether oxygens (including phenoxy) is 4. The molecule has 75 heavy (non-hydrogen) atoms. The summed E-state index contributed by atoms with van der Waals surface area (Å²) < 4.78 is 57.4. The number of carbonyl (C=O) groups excluding carboxylic acids is 3. The van der Waals surface area contributed by atoms with Crippen LogP contribution in [0.2, 0.25) is 15.3 Å². The highest BCUT2D eigenvalue weighted by Crippen LogP contribution is 2.36. The average molecular weight is 1150 g/mol. The van der Waals surface area contributed by atoms with E-state index in [2.05, 4.69) is 50.6 Å². The number of rotatable bonds is 18. The first kappa shape index (κ1) is 63.8. The maximum absolute atomic E-state index is 12.5. The number of aliphatic carboxylic acids is 1. The summed E-state index contributed by atoms with van der Waals surface area (Å²) in [6, 6.07) is 10.5. The second-order valence-corrected chi connectivity index (χ2v) is 20.4. The number of pyridine rings is 1. The molecular formula is C42H53Cl3N13O15PS. The van der Waals surface area contributed by atoms with Gasteiger partial charge >= 0.3 is 18.0 Å². The zero-order valence-electron chi connectivity index (χ0n) is 41.4. The number of amides is 3. The number of anilines is 3. The number of halogens is 3. The lowest BCUT2D eigenvalue weighted by molar-refractivity contribution is -0.385. The van der Waals surface area contributed by atoms with Crippen molar-refractivity contribution in [1.29, 1.82) is 0 Å². The molecule has 8 N–H and O–H groups in total. The highest BCUT2D eigenvalue weighted by molar-refractivity contribution is 7.90. The minimum atomic E-state index is -4.46. The van der Waals surface area contributed by atoms with Crippen molar-refractivity contribution in [3.8, 4) is 23.3 Å². The van der Waals surface area contributed by atoms with Crippen molar-refractivity contribution in [3.63, 3.8) is 0 Å². The topological polar surface area (TPSA) is 395 Å². The van der Waals surface area contributed by atoms with Crippen molar-refractivity contribution in [2.75, 3.05) is 70.7 Å². The molecule has 3 aromatic heterocycles. The number of nitrogens with two attached hydrogens (primary N) is 1. The Morgan fingerprint density at radius 1 is 0.907 bits per heavy atom. The van der Waals surface area contributed by atoms with Gasteiger partial charge in [-0.2, -0.15) is 33.3 Å². The van der Waals surface area contributed by atoms with Crippen LogP contribution in [0.3, 0.4) is 0 Å². The fraction of sp³-hybridized carbons (Fsp3) is 0.333. The second kappa shape index (κ2) is 30.2. The molecule has 3 amide bonds. The molecule has 5 aromatic rings. The summed E-state index contributed by atoms with van der Waals surface area (Å²) in [5.41, 5.74) is 4.32. The van der Waals surface area contributed by atoms with E-state index in [-0.39, 0.29) is 69.2 Å². The van der Waals surface area contributed by atoms with E-state index in [4.69, 9.17) is 64.7 Å². The van der Waals surface area contributed by atoms with Gasteiger partial charge < -0.3 is 50.2 Å². The fourth-order valence-corrected chi connectivity index (χ4v) is 7.48. The molecule has 2 atom stereocenters. The largest absolute Gasteiger partial charge is 0.481 e. The molecule has 408 valence electrons. The molecule has 0 fully saturated rings. The van der Waals surface area contributed by atoms with Gasteiger partial charge in [-0.15, -0.1) is 0 Å². The maximum Gasteiger partial charge on any atom is 0.345 e. The molecule has 2 unspecified atom stereocenters. The van der Waals surface area contributed by atoms with Crippen molar-refractivity contribution >= 4 is 99.6 Å². The van der Waals surface area contributed by atoms with Gasteiger partial charge in [0, 0.05) is 62.9 Å². The first-order valence-corrected chi connectivity index (χ1v) is 26.1. The van der Waals surface area contributed by atoms with E-state index in [0.717, 1.165) is 19.7 Å². The van der Waals surface area contributed by atoms with E-state index in [1.165, 1.54) is 82.5 Å². The van der Waals surface area contributed by atoms with Gasteiger partial charge in [-0.25, -0.2) is 19.3 Å². The molecule has 0 aliphatic heterocycles. The van der Waals surface area contributed by atoms with Crippen molar-refractivity contribution < 1.29 is 66.0 Å². The molecule has 5 rings (SSSR count). The van der Waals surface area contributed by atoms with Crippen molar-refractivity contribution in [2.45, 2.75) is 44.3 Å². The first-order chi connectivity index (χ1) is 35.0. The molecule has 2 aromatic carbocycles. The summed E-state index contributed by atoms with van der Waals surface area (Å²) in [6.07, 6.45) is 1.19. The SMILES string of the molecule is CCNc1nc(Cl)nc(NC(C)C)n1.COC(=O)c1cc(Oc2ccc(Cl)cc2Cl)ccc1[N+](=O)[O-].COc1cc(OC)nc(NC(=O)NS(=O)(=O)c2ncccc2C(=O)N(C)C)n1.CP(=O)(O)CCC(N)C(=O)O. The average Bonchev–Trinajstić information content (AvgIpc) is 3.33. The Labute approximate surface area is 444 Å². The minimum absolute atomic E-state index is 0.0412.